The normalized spacial score (nSPS) is 11.5. The van der Waals surface area contributed by atoms with Crippen LogP contribution in [-0.2, 0) is 10.0 Å². The summed E-state index contributed by atoms with van der Waals surface area (Å²) in [6.45, 7) is 5.08. The predicted molar refractivity (Wildman–Crippen MR) is 79.8 cm³/mol. The van der Waals surface area contributed by atoms with Crippen molar-refractivity contribution in [2.75, 3.05) is 23.6 Å². The first-order valence-corrected chi connectivity index (χ1v) is 8.15. The Labute approximate surface area is 116 Å². The molecular weight excluding hydrogens is 351 g/mol. The molecule has 1 aromatic rings. The molecule has 0 unspecified atom stereocenters. The molecule has 0 spiro atoms. The van der Waals surface area contributed by atoms with Crippen molar-refractivity contribution in [3.8, 4) is 0 Å². The number of hydrogen-bond acceptors (Lipinski definition) is 3. The molecule has 0 aliphatic rings. The Morgan fingerprint density at radius 1 is 1.35 bits per heavy atom. The number of halogens is 1. The maximum Gasteiger partial charge on any atom is 0.233 e. The van der Waals surface area contributed by atoms with Gasteiger partial charge in [0.25, 0.3) is 0 Å². The highest BCUT2D eigenvalue weighted by Crippen LogP contribution is 2.19. The van der Waals surface area contributed by atoms with Gasteiger partial charge in [0.05, 0.1) is 11.4 Å². The summed E-state index contributed by atoms with van der Waals surface area (Å²) in [6.07, 6.45) is 0. The van der Waals surface area contributed by atoms with Crippen LogP contribution in [0.3, 0.4) is 0 Å². The van der Waals surface area contributed by atoms with Gasteiger partial charge in [-0.2, -0.15) is 0 Å². The Morgan fingerprint density at radius 3 is 2.71 bits per heavy atom. The summed E-state index contributed by atoms with van der Waals surface area (Å²) in [4.78, 5) is 0. The second kappa shape index (κ2) is 6.55. The highest BCUT2D eigenvalue weighted by atomic mass is 127. The summed E-state index contributed by atoms with van der Waals surface area (Å²) in [7, 11) is -3.26. The number of anilines is 1. The summed E-state index contributed by atoms with van der Waals surface area (Å²) < 4.78 is 27.2. The lowest BCUT2D eigenvalue weighted by atomic mass is 10.2. The number of sulfonamides is 1. The zero-order chi connectivity index (χ0) is 12.9. The van der Waals surface area contributed by atoms with E-state index in [1.165, 1.54) is 0 Å². The van der Waals surface area contributed by atoms with E-state index in [0.29, 0.717) is 12.2 Å². The highest BCUT2D eigenvalue weighted by molar-refractivity contribution is 14.1. The third-order valence-electron chi connectivity index (χ3n) is 2.26. The molecule has 0 atom stereocenters. The maximum atomic E-state index is 11.8. The Morgan fingerprint density at radius 2 is 2.06 bits per heavy atom. The van der Waals surface area contributed by atoms with E-state index in [-0.39, 0.29) is 5.75 Å². The van der Waals surface area contributed by atoms with Crippen molar-refractivity contribution in [3.05, 3.63) is 27.3 Å². The largest absolute Gasteiger partial charge is 0.316 e. The molecule has 4 nitrogen and oxygen atoms in total. The molecule has 0 amide bonds. The molecule has 0 radical (unpaired) electrons. The summed E-state index contributed by atoms with van der Waals surface area (Å²) in [6, 6.07) is 5.69. The van der Waals surface area contributed by atoms with Gasteiger partial charge in [-0.15, -0.1) is 0 Å². The highest BCUT2D eigenvalue weighted by Gasteiger charge is 2.11. The van der Waals surface area contributed by atoms with E-state index in [1.807, 2.05) is 32.0 Å². The molecule has 1 rings (SSSR count). The first-order chi connectivity index (χ1) is 7.94. The SMILES string of the molecule is CCNCCS(=O)(=O)Nc1cc(I)ccc1C. The van der Waals surface area contributed by atoms with Crippen LogP contribution in [0, 0.1) is 10.5 Å². The van der Waals surface area contributed by atoms with Crippen LogP contribution in [0.25, 0.3) is 0 Å². The van der Waals surface area contributed by atoms with Crippen LogP contribution in [-0.4, -0.2) is 27.3 Å². The third-order valence-corrected chi connectivity index (χ3v) is 4.21. The summed E-state index contributed by atoms with van der Waals surface area (Å²) in [5, 5.41) is 3.00. The van der Waals surface area contributed by atoms with Crippen molar-refractivity contribution in [3.63, 3.8) is 0 Å². The zero-order valence-corrected chi connectivity index (χ0v) is 12.9. The van der Waals surface area contributed by atoms with E-state index in [4.69, 9.17) is 0 Å². The molecule has 0 aliphatic heterocycles. The van der Waals surface area contributed by atoms with Crippen LogP contribution in [0.2, 0.25) is 0 Å². The Bertz CT molecular complexity index is 474. The third kappa shape index (κ3) is 5.22. The van der Waals surface area contributed by atoms with Gasteiger partial charge in [0.15, 0.2) is 0 Å². The van der Waals surface area contributed by atoms with E-state index in [2.05, 4.69) is 32.6 Å². The molecule has 0 saturated heterocycles. The van der Waals surface area contributed by atoms with Crippen molar-refractivity contribution in [1.29, 1.82) is 0 Å². The van der Waals surface area contributed by atoms with Crippen molar-refractivity contribution in [2.24, 2.45) is 0 Å². The molecule has 17 heavy (non-hydrogen) atoms. The second-order valence-corrected chi connectivity index (χ2v) is 6.82. The van der Waals surface area contributed by atoms with Gasteiger partial charge in [-0.25, -0.2) is 8.42 Å². The zero-order valence-electron chi connectivity index (χ0n) is 9.96. The van der Waals surface area contributed by atoms with Gasteiger partial charge in [0.2, 0.25) is 10.0 Å². The minimum absolute atomic E-state index is 0.0890. The van der Waals surface area contributed by atoms with Crippen molar-refractivity contribution >= 4 is 38.3 Å². The van der Waals surface area contributed by atoms with Crippen molar-refractivity contribution in [1.82, 2.24) is 5.32 Å². The van der Waals surface area contributed by atoms with Crippen molar-refractivity contribution in [2.45, 2.75) is 13.8 Å². The number of benzene rings is 1. The fourth-order valence-electron chi connectivity index (χ4n) is 1.31. The van der Waals surface area contributed by atoms with E-state index in [1.54, 1.807) is 0 Å². The van der Waals surface area contributed by atoms with E-state index in [9.17, 15) is 8.42 Å². The first-order valence-electron chi connectivity index (χ1n) is 5.42. The molecule has 0 bridgehead atoms. The number of aryl methyl sites for hydroxylation is 1. The molecule has 0 heterocycles. The van der Waals surface area contributed by atoms with Crippen LogP contribution in [0.5, 0.6) is 0 Å². The summed E-state index contributed by atoms with van der Waals surface area (Å²) in [5.74, 6) is 0.0890. The molecule has 0 aliphatic carbocycles. The second-order valence-electron chi connectivity index (χ2n) is 3.73. The Kier molecular flexibility index (Phi) is 5.68. The molecule has 0 aromatic heterocycles. The van der Waals surface area contributed by atoms with Gasteiger partial charge in [-0.05, 0) is 53.8 Å². The molecule has 6 heteroatoms. The minimum Gasteiger partial charge on any atom is -0.316 e. The number of nitrogens with one attached hydrogen (secondary N) is 2. The van der Waals surface area contributed by atoms with E-state index in [0.717, 1.165) is 15.7 Å². The molecule has 0 saturated carbocycles. The van der Waals surface area contributed by atoms with Crippen molar-refractivity contribution < 1.29 is 8.42 Å². The average molecular weight is 368 g/mol. The molecule has 96 valence electrons. The molecule has 2 N–H and O–H groups in total. The van der Waals surface area contributed by atoms with Gasteiger partial charge in [-0.3, -0.25) is 4.72 Å². The molecule has 1 aromatic carbocycles. The fourth-order valence-corrected chi connectivity index (χ4v) is 2.87. The Hall–Kier alpha value is -0.340. The van der Waals surface area contributed by atoms with Crippen LogP contribution in [0.4, 0.5) is 5.69 Å². The van der Waals surface area contributed by atoms with Gasteiger partial charge in [0.1, 0.15) is 0 Å². The lowest BCUT2D eigenvalue weighted by Crippen LogP contribution is -2.26. The monoisotopic (exact) mass is 368 g/mol. The smallest absolute Gasteiger partial charge is 0.233 e. The maximum absolute atomic E-state index is 11.8. The number of hydrogen-bond donors (Lipinski definition) is 2. The summed E-state index contributed by atoms with van der Waals surface area (Å²) >= 11 is 2.16. The standard InChI is InChI=1S/C11H17IN2O2S/c1-3-13-6-7-17(15,16)14-11-8-10(12)5-4-9(11)2/h4-5,8,13-14H,3,6-7H2,1-2H3. The summed E-state index contributed by atoms with van der Waals surface area (Å²) in [5.41, 5.74) is 1.59. The van der Waals surface area contributed by atoms with E-state index < -0.39 is 10.0 Å². The quantitative estimate of drug-likeness (QED) is 0.596. The van der Waals surface area contributed by atoms with E-state index >= 15 is 0 Å². The van der Waals surface area contributed by atoms with Crippen LogP contribution in [0.1, 0.15) is 12.5 Å². The predicted octanol–water partition coefficient (Wildman–Crippen LogP) is 1.95. The van der Waals surface area contributed by atoms with Crippen LogP contribution >= 0.6 is 22.6 Å². The minimum atomic E-state index is -3.26. The lowest BCUT2D eigenvalue weighted by Gasteiger charge is -2.11. The first kappa shape index (κ1) is 14.7. The molecular formula is C11H17IN2O2S. The van der Waals surface area contributed by atoms with Gasteiger partial charge in [-0.1, -0.05) is 13.0 Å². The average Bonchev–Trinajstić information content (AvgIpc) is 2.23. The lowest BCUT2D eigenvalue weighted by molar-refractivity contribution is 0.597. The van der Waals surface area contributed by atoms with Gasteiger partial charge < -0.3 is 5.32 Å². The van der Waals surface area contributed by atoms with Crippen LogP contribution in [0.15, 0.2) is 18.2 Å². The molecule has 0 fully saturated rings. The van der Waals surface area contributed by atoms with Crippen LogP contribution < -0.4 is 10.0 Å². The van der Waals surface area contributed by atoms with Gasteiger partial charge in [0, 0.05) is 10.1 Å². The Balaban J connectivity index is 2.72. The fraction of sp³-hybridized carbons (Fsp3) is 0.455. The topological polar surface area (TPSA) is 58.2 Å². The van der Waals surface area contributed by atoms with Gasteiger partial charge >= 0.3 is 0 Å². The number of rotatable bonds is 6.